The highest BCUT2D eigenvalue weighted by atomic mass is 16.2. The van der Waals surface area contributed by atoms with E-state index >= 15 is 0 Å². The molecule has 8 heteroatoms. The molecule has 3 amide bonds. The van der Waals surface area contributed by atoms with E-state index in [2.05, 4.69) is 28.7 Å². The van der Waals surface area contributed by atoms with E-state index in [1.807, 2.05) is 4.90 Å². The van der Waals surface area contributed by atoms with E-state index < -0.39 is 5.54 Å². The van der Waals surface area contributed by atoms with Crippen molar-refractivity contribution in [3.8, 4) is 0 Å². The molecule has 1 aromatic rings. The van der Waals surface area contributed by atoms with Crippen molar-refractivity contribution in [2.45, 2.75) is 45.1 Å². The summed E-state index contributed by atoms with van der Waals surface area (Å²) in [7, 11) is 0. The van der Waals surface area contributed by atoms with Gasteiger partial charge in [-0.05, 0) is 37.5 Å². The van der Waals surface area contributed by atoms with Crippen LogP contribution >= 0.6 is 0 Å². The standard InChI is InChI=1S/C19H28N6O2/c1-13(2)10-25-18(27)24(11-14-3-4-14)17(26)19(25)5-7-23(8-6-19)16-9-15(20)21-12-22-16/h9,12-14H,3-8,10-11H2,1-2H3,(H2,20,21,22). The lowest BCUT2D eigenvalue weighted by atomic mass is 9.85. The number of nitrogen functional groups attached to an aromatic ring is 1. The summed E-state index contributed by atoms with van der Waals surface area (Å²) in [6, 6.07) is 1.66. The average molecular weight is 372 g/mol. The van der Waals surface area contributed by atoms with Gasteiger partial charge < -0.3 is 15.5 Å². The first-order valence-electron chi connectivity index (χ1n) is 9.87. The van der Waals surface area contributed by atoms with Gasteiger partial charge in [-0.2, -0.15) is 0 Å². The molecule has 8 nitrogen and oxygen atoms in total. The van der Waals surface area contributed by atoms with Gasteiger partial charge in [0.15, 0.2) is 0 Å². The van der Waals surface area contributed by atoms with E-state index in [4.69, 9.17) is 5.73 Å². The van der Waals surface area contributed by atoms with Crippen molar-refractivity contribution in [2.24, 2.45) is 11.8 Å². The van der Waals surface area contributed by atoms with Gasteiger partial charge in [0.2, 0.25) is 0 Å². The molecule has 2 saturated heterocycles. The number of carbonyl (C=O) groups is 2. The van der Waals surface area contributed by atoms with Gasteiger partial charge in [-0.15, -0.1) is 0 Å². The lowest BCUT2D eigenvalue weighted by molar-refractivity contribution is -0.134. The molecule has 146 valence electrons. The minimum absolute atomic E-state index is 0.00176. The average Bonchev–Trinajstić information content (AvgIpc) is 3.44. The third kappa shape index (κ3) is 3.21. The number of piperidine rings is 1. The summed E-state index contributed by atoms with van der Waals surface area (Å²) in [5.74, 6) is 2.03. The Bertz CT molecular complexity index is 739. The highest BCUT2D eigenvalue weighted by Crippen LogP contribution is 2.41. The minimum Gasteiger partial charge on any atom is -0.384 e. The van der Waals surface area contributed by atoms with Gasteiger partial charge in [0, 0.05) is 32.2 Å². The maximum absolute atomic E-state index is 13.3. The van der Waals surface area contributed by atoms with Gasteiger partial charge >= 0.3 is 6.03 Å². The second-order valence-electron chi connectivity index (χ2n) is 8.47. The Balaban J connectivity index is 1.55. The zero-order chi connectivity index (χ0) is 19.2. The van der Waals surface area contributed by atoms with Gasteiger partial charge in [-0.25, -0.2) is 14.8 Å². The molecule has 0 bridgehead atoms. The normalized spacial score (nSPS) is 22.4. The highest BCUT2D eigenvalue weighted by Gasteiger charge is 2.58. The van der Waals surface area contributed by atoms with Crippen molar-refractivity contribution >= 4 is 23.6 Å². The quantitative estimate of drug-likeness (QED) is 0.791. The van der Waals surface area contributed by atoms with E-state index in [-0.39, 0.29) is 11.9 Å². The Hall–Kier alpha value is -2.38. The van der Waals surface area contributed by atoms with Crippen molar-refractivity contribution in [1.82, 2.24) is 19.8 Å². The first kappa shape index (κ1) is 18.0. The summed E-state index contributed by atoms with van der Waals surface area (Å²) in [4.78, 5) is 40.2. The van der Waals surface area contributed by atoms with Crippen LogP contribution in [0, 0.1) is 11.8 Å². The molecule has 3 heterocycles. The van der Waals surface area contributed by atoms with Crippen molar-refractivity contribution in [3.63, 3.8) is 0 Å². The topological polar surface area (TPSA) is 95.7 Å². The first-order chi connectivity index (χ1) is 12.9. The molecule has 4 rings (SSSR count). The molecule has 0 radical (unpaired) electrons. The lowest BCUT2D eigenvalue weighted by Crippen LogP contribution is -2.57. The third-order valence-corrected chi connectivity index (χ3v) is 5.90. The Morgan fingerprint density at radius 1 is 1.22 bits per heavy atom. The predicted molar refractivity (Wildman–Crippen MR) is 102 cm³/mol. The van der Waals surface area contributed by atoms with Gasteiger partial charge in [-0.1, -0.05) is 13.8 Å². The molecule has 0 aromatic carbocycles. The highest BCUT2D eigenvalue weighted by molar-refractivity contribution is 6.07. The van der Waals surface area contributed by atoms with E-state index in [9.17, 15) is 9.59 Å². The van der Waals surface area contributed by atoms with Crippen LogP contribution in [-0.2, 0) is 4.79 Å². The minimum atomic E-state index is -0.703. The van der Waals surface area contributed by atoms with Crippen molar-refractivity contribution in [2.75, 3.05) is 36.8 Å². The van der Waals surface area contributed by atoms with Crippen LogP contribution in [0.25, 0.3) is 0 Å². The molecule has 27 heavy (non-hydrogen) atoms. The van der Waals surface area contributed by atoms with Crippen molar-refractivity contribution in [3.05, 3.63) is 12.4 Å². The smallest absolute Gasteiger partial charge is 0.327 e. The molecule has 3 fully saturated rings. The largest absolute Gasteiger partial charge is 0.384 e. The maximum atomic E-state index is 13.3. The van der Waals surface area contributed by atoms with E-state index in [0.29, 0.717) is 56.7 Å². The monoisotopic (exact) mass is 372 g/mol. The van der Waals surface area contributed by atoms with E-state index in [1.54, 1.807) is 6.07 Å². The zero-order valence-corrected chi connectivity index (χ0v) is 16.1. The van der Waals surface area contributed by atoms with Crippen molar-refractivity contribution < 1.29 is 9.59 Å². The fraction of sp³-hybridized carbons (Fsp3) is 0.684. The summed E-state index contributed by atoms with van der Waals surface area (Å²) in [5, 5.41) is 0. The van der Waals surface area contributed by atoms with Gasteiger partial charge in [0.25, 0.3) is 5.91 Å². The summed E-state index contributed by atoms with van der Waals surface area (Å²) >= 11 is 0. The Labute approximate surface area is 159 Å². The Kier molecular flexibility index (Phi) is 4.44. The fourth-order valence-corrected chi connectivity index (χ4v) is 4.24. The molecule has 3 aliphatic rings. The van der Waals surface area contributed by atoms with E-state index in [1.165, 1.54) is 11.2 Å². The maximum Gasteiger partial charge on any atom is 0.327 e. The van der Waals surface area contributed by atoms with E-state index in [0.717, 1.165) is 18.7 Å². The molecule has 1 saturated carbocycles. The molecule has 1 aromatic heterocycles. The van der Waals surface area contributed by atoms with Crippen LogP contribution in [0.15, 0.2) is 12.4 Å². The molecule has 2 N–H and O–H groups in total. The molecule has 1 aliphatic carbocycles. The Morgan fingerprint density at radius 3 is 2.52 bits per heavy atom. The summed E-state index contributed by atoms with van der Waals surface area (Å²) in [5.41, 5.74) is 5.07. The molecular weight excluding hydrogens is 344 g/mol. The number of aromatic nitrogens is 2. The lowest BCUT2D eigenvalue weighted by Gasteiger charge is -2.43. The number of anilines is 2. The fourth-order valence-electron chi connectivity index (χ4n) is 4.24. The number of rotatable bonds is 5. The second-order valence-corrected chi connectivity index (χ2v) is 8.47. The molecule has 2 aliphatic heterocycles. The van der Waals surface area contributed by atoms with Crippen molar-refractivity contribution in [1.29, 1.82) is 0 Å². The number of nitrogens with two attached hydrogens (primary N) is 1. The SMILES string of the molecule is CC(C)CN1C(=O)N(CC2CC2)C(=O)C12CCN(c1cc(N)ncn1)CC2. The second kappa shape index (κ2) is 6.65. The number of hydrogen-bond acceptors (Lipinski definition) is 6. The van der Waals surface area contributed by atoms with Gasteiger partial charge in [0.1, 0.15) is 23.5 Å². The summed E-state index contributed by atoms with van der Waals surface area (Å²) in [6.45, 7) is 6.72. The predicted octanol–water partition coefficient (Wildman–Crippen LogP) is 1.73. The summed E-state index contributed by atoms with van der Waals surface area (Å²) < 4.78 is 0. The van der Waals surface area contributed by atoms with Crippen LogP contribution < -0.4 is 10.6 Å². The molecular formula is C19H28N6O2. The number of hydrogen-bond donors (Lipinski definition) is 1. The number of nitrogens with zero attached hydrogens (tertiary/aromatic N) is 5. The van der Waals surface area contributed by atoms with Crippen LogP contribution in [-0.4, -0.2) is 63.4 Å². The van der Waals surface area contributed by atoms with Crippen LogP contribution in [0.4, 0.5) is 16.4 Å². The zero-order valence-electron chi connectivity index (χ0n) is 16.1. The van der Waals surface area contributed by atoms with Crippen LogP contribution in [0.5, 0.6) is 0 Å². The van der Waals surface area contributed by atoms with Gasteiger partial charge in [-0.3, -0.25) is 9.69 Å². The number of imide groups is 1. The third-order valence-electron chi connectivity index (χ3n) is 5.90. The van der Waals surface area contributed by atoms with Crippen LogP contribution in [0.3, 0.4) is 0 Å². The molecule has 1 spiro atoms. The molecule has 0 unspecified atom stereocenters. The Morgan fingerprint density at radius 2 is 1.93 bits per heavy atom. The number of carbonyl (C=O) groups excluding carboxylic acids is 2. The molecule has 0 atom stereocenters. The van der Waals surface area contributed by atoms with Crippen LogP contribution in [0.1, 0.15) is 39.5 Å². The summed E-state index contributed by atoms with van der Waals surface area (Å²) in [6.07, 6.45) is 4.95. The van der Waals surface area contributed by atoms with Gasteiger partial charge in [0.05, 0.1) is 0 Å². The first-order valence-corrected chi connectivity index (χ1v) is 9.87. The number of urea groups is 1. The van der Waals surface area contributed by atoms with Crippen LogP contribution in [0.2, 0.25) is 0 Å². The number of amides is 3.